The Kier molecular flexibility index (Phi) is 66.1. The largest absolute Gasteiger partial charge is 0.462 e. The highest BCUT2D eigenvalue weighted by molar-refractivity contribution is 5.71. The topological polar surface area (TPSA) is 78.9 Å². The highest BCUT2D eigenvalue weighted by atomic mass is 16.6. The first-order valence-corrected chi connectivity index (χ1v) is 35.5. The summed E-state index contributed by atoms with van der Waals surface area (Å²) in [4.78, 5) is 38.4. The molecule has 0 aliphatic rings. The van der Waals surface area contributed by atoms with Crippen molar-refractivity contribution in [1.29, 1.82) is 0 Å². The fraction of sp³-hybridized carbons (Fsp3) is 0.877. The fourth-order valence-corrected chi connectivity index (χ4v) is 10.9. The molecule has 0 amide bonds. The molecule has 1 atom stereocenters. The molecule has 79 heavy (non-hydrogen) atoms. The average molecular weight is 1110 g/mol. The summed E-state index contributed by atoms with van der Waals surface area (Å²) in [5.74, 6) is -0.858. The molecule has 6 nitrogen and oxygen atoms in total. The lowest BCUT2D eigenvalue weighted by Crippen LogP contribution is -2.30. The smallest absolute Gasteiger partial charge is 0.306 e. The SMILES string of the molecule is CC/C=C\C/C=C\C/C=C\CCCCCCCC(=O)OCC(COC(=O)CCCCCCCCCCCCCCCCCCCCCCCCCC)OC(=O)CCCCCCCCCCCCCCCCCCCCCCCC. The van der Waals surface area contributed by atoms with Crippen LogP contribution in [-0.4, -0.2) is 37.2 Å². The predicted molar refractivity (Wildman–Crippen MR) is 344 cm³/mol. The van der Waals surface area contributed by atoms with Crippen LogP contribution in [0.2, 0.25) is 0 Å². The van der Waals surface area contributed by atoms with Crippen molar-refractivity contribution in [1.82, 2.24) is 0 Å². The van der Waals surface area contributed by atoms with Gasteiger partial charge >= 0.3 is 17.9 Å². The predicted octanol–water partition coefficient (Wildman–Crippen LogP) is 24.3. The van der Waals surface area contributed by atoms with Gasteiger partial charge in [0.15, 0.2) is 6.10 Å². The normalized spacial score (nSPS) is 12.2. The number of carbonyl (C=O) groups is 3. The third-order valence-electron chi connectivity index (χ3n) is 16.2. The molecule has 0 saturated heterocycles. The van der Waals surface area contributed by atoms with Crippen molar-refractivity contribution in [2.75, 3.05) is 13.2 Å². The third kappa shape index (κ3) is 66.3. The second-order valence-corrected chi connectivity index (χ2v) is 24.1. The minimum atomic E-state index is -0.777. The van der Waals surface area contributed by atoms with Gasteiger partial charge in [0.25, 0.3) is 0 Å². The maximum Gasteiger partial charge on any atom is 0.306 e. The van der Waals surface area contributed by atoms with Gasteiger partial charge in [0, 0.05) is 19.3 Å². The molecule has 6 heteroatoms. The molecule has 0 fully saturated rings. The summed E-state index contributed by atoms with van der Waals surface area (Å²) in [7, 11) is 0. The summed E-state index contributed by atoms with van der Waals surface area (Å²) < 4.78 is 17.0. The summed E-state index contributed by atoms with van der Waals surface area (Å²) in [6.45, 7) is 6.60. The van der Waals surface area contributed by atoms with Gasteiger partial charge in [-0.05, 0) is 51.4 Å². The molecule has 464 valence electrons. The van der Waals surface area contributed by atoms with Gasteiger partial charge in [-0.1, -0.05) is 359 Å². The van der Waals surface area contributed by atoms with E-state index >= 15 is 0 Å². The minimum Gasteiger partial charge on any atom is -0.462 e. The molecule has 0 aliphatic heterocycles. The van der Waals surface area contributed by atoms with Gasteiger partial charge in [0.2, 0.25) is 0 Å². The first kappa shape index (κ1) is 76.6. The van der Waals surface area contributed by atoms with E-state index in [1.807, 2.05) is 0 Å². The number of rotatable bonds is 66. The molecule has 1 unspecified atom stereocenters. The monoisotopic (exact) mass is 1110 g/mol. The molecule has 0 rings (SSSR count). The minimum absolute atomic E-state index is 0.0718. The van der Waals surface area contributed by atoms with Crippen molar-refractivity contribution < 1.29 is 28.6 Å². The maximum absolute atomic E-state index is 13.0. The highest BCUT2D eigenvalue weighted by Gasteiger charge is 2.19. The van der Waals surface area contributed by atoms with E-state index in [9.17, 15) is 14.4 Å². The molecule has 0 spiro atoms. The van der Waals surface area contributed by atoms with E-state index in [1.54, 1.807) is 0 Å². The fourth-order valence-electron chi connectivity index (χ4n) is 10.9. The lowest BCUT2D eigenvalue weighted by Gasteiger charge is -2.18. The number of hydrogen-bond acceptors (Lipinski definition) is 6. The highest BCUT2D eigenvalue weighted by Crippen LogP contribution is 2.19. The van der Waals surface area contributed by atoms with E-state index in [1.165, 1.54) is 257 Å². The lowest BCUT2D eigenvalue weighted by atomic mass is 10.0. The molecule has 0 radical (unpaired) electrons. The summed E-state index contributed by atoms with van der Waals surface area (Å²) in [6.07, 6.45) is 84.7. The van der Waals surface area contributed by atoms with Gasteiger partial charge in [-0.15, -0.1) is 0 Å². The van der Waals surface area contributed by atoms with E-state index in [0.717, 1.165) is 96.3 Å². The van der Waals surface area contributed by atoms with Crippen LogP contribution in [0.4, 0.5) is 0 Å². The quantitative estimate of drug-likeness (QED) is 0.0261. The van der Waals surface area contributed by atoms with Crippen molar-refractivity contribution in [2.24, 2.45) is 0 Å². The molecule has 0 aromatic heterocycles. The van der Waals surface area contributed by atoms with E-state index in [0.29, 0.717) is 19.3 Å². The van der Waals surface area contributed by atoms with E-state index in [4.69, 9.17) is 14.2 Å². The molecule has 0 aromatic rings. The van der Waals surface area contributed by atoms with Crippen LogP contribution >= 0.6 is 0 Å². The molecule has 0 saturated carbocycles. The first-order valence-electron chi connectivity index (χ1n) is 35.5. The van der Waals surface area contributed by atoms with Crippen molar-refractivity contribution >= 4 is 17.9 Å². The van der Waals surface area contributed by atoms with Crippen LogP contribution in [0.25, 0.3) is 0 Å². The van der Waals surface area contributed by atoms with E-state index in [-0.39, 0.29) is 31.1 Å². The number of ether oxygens (including phenoxy) is 3. The standard InChI is InChI=1S/C73H136O6/c1-4-7-10-13-16-19-22-25-28-30-32-34-36-37-39-40-42-45-48-51-54-57-60-63-66-72(75)78-69-70(68-77-71(74)65-62-59-56-53-50-47-44-27-24-21-18-15-12-9-6-3)79-73(76)67-64-61-58-55-52-49-46-43-41-38-35-33-31-29-26-23-20-17-14-11-8-5-2/h9,12,18,21,27,44,70H,4-8,10-11,13-17,19-20,22-26,28-43,45-69H2,1-3H3/b12-9-,21-18-,44-27-. The molecular formula is C73H136O6. The van der Waals surface area contributed by atoms with Gasteiger partial charge in [-0.2, -0.15) is 0 Å². The molecule has 0 N–H and O–H groups in total. The van der Waals surface area contributed by atoms with Crippen LogP contribution in [0.15, 0.2) is 36.5 Å². The Morgan fingerprint density at radius 1 is 0.266 bits per heavy atom. The number of allylic oxidation sites excluding steroid dienone is 6. The van der Waals surface area contributed by atoms with Crippen LogP contribution in [0.5, 0.6) is 0 Å². The zero-order valence-electron chi connectivity index (χ0n) is 53.4. The Morgan fingerprint density at radius 2 is 0.494 bits per heavy atom. The Hall–Kier alpha value is -2.37. The van der Waals surface area contributed by atoms with Gasteiger partial charge in [0.05, 0.1) is 0 Å². The van der Waals surface area contributed by atoms with Crippen LogP contribution in [0.1, 0.15) is 393 Å². The van der Waals surface area contributed by atoms with Gasteiger partial charge in [0.1, 0.15) is 13.2 Å². The van der Waals surface area contributed by atoms with Crippen LogP contribution in [0.3, 0.4) is 0 Å². The Morgan fingerprint density at radius 3 is 0.772 bits per heavy atom. The lowest BCUT2D eigenvalue weighted by molar-refractivity contribution is -0.167. The zero-order valence-corrected chi connectivity index (χ0v) is 53.4. The number of esters is 3. The molecule has 0 aromatic carbocycles. The van der Waals surface area contributed by atoms with E-state index in [2.05, 4.69) is 57.2 Å². The summed E-state index contributed by atoms with van der Waals surface area (Å²) in [5.41, 5.74) is 0. The Labute approximate surface area is 493 Å². The van der Waals surface area contributed by atoms with Gasteiger partial charge < -0.3 is 14.2 Å². The molecule has 0 aliphatic carbocycles. The summed E-state index contributed by atoms with van der Waals surface area (Å²) >= 11 is 0. The van der Waals surface area contributed by atoms with Crippen LogP contribution in [-0.2, 0) is 28.6 Å². The van der Waals surface area contributed by atoms with Gasteiger partial charge in [-0.25, -0.2) is 0 Å². The second-order valence-electron chi connectivity index (χ2n) is 24.1. The van der Waals surface area contributed by atoms with Crippen LogP contribution < -0.4 is 0 Å². The number of unbranched alkanes of at least 4 members (excludes halogenated alkanes) is 49. The zero-order chi connectivity index (χ0) is 57.1. The molecule has 0 heterocycles. The van der Waals surface area contributed by atoms with Crippen molar-refractivity contribution in [3.05, 3.63) is 36.5 Å². The van der Waals surface area contributed by atoms with Gasteiger partial charge in [-0.3, -0.25) is 14.4 Å². The van der Waals surface area contributed by atoms with E-state index < -0.39 is 6.10 Å². The van der Waals surface area contributed by atoms with Crippen molar-refractivity contribution in [3.63, 3.8) is 0 Å². The Balaban J connectivity index is 4.26. The van der Waals surface area contributed by atoms with Crippen molar-refractivity contribution in [3.8, 4) is 0 Å². The third-order valence-corrected chi connectivity index (χ3v) is 16.2. The average Bonchev–Trinajstić information content (AvgIpc) is 3.45. The second kappa shape index (κ2) is 68.1. The molecular weight excluding hydrogens is 973 g/mol. The summed E-state index contributed by atoms with van der Waals surface area (Å²) in [5, 5.41) is 0. The first-order chi connectivity index (χ1) is 39.0. The number of carbonyl (C=O) groups excluding carboxylic acids is 3. The molecule has 0 bridgehead atoms. The van der Waals surface area contributed by atoms with Crippen molar-refractivity contribution in [2.45, 2.75) is 399 Å². The number of hydrogen-bond donors (Lipinski definition) is 0. The van der Waals surface area contributed by atoms with Crippen LogP contribution in [0, 0.1) is 0 Å². The maximum atomic E-state index is 13.0. The Bertz CT molecular complexity index is 1320. The summed E-state index contributed by atoms with van der Waals surface area (Å²) in [6, 6.07) is 0.